The van der Waals surface area contributed by atoms with E-state index >= 15 is 0 Å². The number of nitrogens with zero attached hydrogens (tertiary/aromatic N) is 1. The summed E-state index contributed by atoms with van der Waals surface area (Å²) in [6, 6.07) is 2.15. The van der Waals surface area contributed by atoms with Gasteiger partial charge in [-0.2, -0.15) is 5.26 Å². The van der Waals surface area contributed by atoms with Gasteiger partial charge in [0.1, 0.15) is 5.54 Å². The lowest BCUT2D eigenvalue weighted by Gasteiger charge is -2.30. The summed E-state index contributed by atoms with van der Waals surface area (Å²) in [5, 5.41) is 11.9. The lowest BCUT2D eigenvalue weighted by Crippen LogP contribution is -2.44. The van der Waals surface area contributed by atoms with Gasteiger partial charge in [0, 0.05) is 12.5 Å². The maximum atomic E-state index is 11.8. The Morgan fingerprint density at radius 1 is 1.47 bits per heavy atom. The number of rotatable bonds is 5. The molecule has 0 aromatic rings. The van der Waals surface area contributed by atoms with Gasteiger partial charge in [-0.25, -0.2) is 0 Å². The topological polar surface area (TPSA) is 78.9 Å². The Kier molecular flexibility index (Phi) is 5.43. The fourth-order valence-corrected chi connectivity index (χ4v) is 2.24. The van der Waals surface area contributed by atoms with Crippen LogP contribution in [0.2, 0.25) is 0 Å². The number of amides is 1. The van der Waals surface area contributed by atoms with Crippen LogP contribution in [-0.2, 0) is 4.79 Å². The van der Waals surface area contributed by atoms with Crippen LogP contribution in [0.5, 0.6) is 0 Å². The van der Waals surface area contributed by atoms with Crippen molar-refractivity contribution in [3.63, 3.8) is 0 Å². The molecule has 96 valence electrons. The van der Waals surface area contributed by atoms with Crippen LogP contribution in [0.4, 0.5) is 0 Å². The van der Waals surface area contributed by atoms with Gasteiger partial charge in [0.15, 0.2) is 0 Å². The van der Waals surface area contributed by atoms with E-state index in [-0.39, 0.29) is 11.8 Å². The summed E-state index contributed by atoms with van der Waals surface area (Å²) < 4.78 is 0. The lowest BCUT2D eigenvalue weighted by atomic mass is 9.77. The Bertz CT molecular complexity index is 288. The molecule has 0 radical (unpaired) electrons. The highest BCUT2D eigenvalue weighted by Gasteiger charge is 2.34. The summed E-state index contributed by atoms with van der Waals surface area (Å²) in [5.41, 5.74) is 5.17. The summed E-state index contributed by atoms with van der Waals surface area (Å²) in [6.07, 6.45) is 6.12. The fraction of sp³-hybridized carbons (Fsp3) is 0.846. The first-order chi connectivity index (χ1) is 8.11. The molecular formula is C13H23N3O. The average molecular weight is 237 g/mol. The molecule has 0 saturated heterocycles. The van der Waals surface area contributed by atoms with Gasteiger partial charge in [-0.05, 0) is 32.1 Å². The molecule has 0 unspecified atom stereocenters. The smallest absolute Gasteiger partial charge is 0.223 e. The highest BCUT2D eigenvalue weighted by atomic mass is 16.1. The lowest BCUT2D eigenvalue weighted by molar-refractivity contribution is -0.126. The first-order valence-corrected chi connectivity index (χ1v) is 6.59. The minimum atomic E-state index is -0.695. The van der Waals surface area contributed by atoms with Crippen LogP contribution in [0.1, 0.15) is 51.9 Å². The van der Waals surface area contributed by atoms with Crippen LogP contribution >= 0.6 is 0 Å². The van der Waals surface area contributed by atoms with Crippen LogP contribution in [0, 0.1) is 17.2 Å². The summed E-state index contributed by atoms with van der Waals surface area (Å²) >= 11 is 0. The van der Waals surface area contributed by atoms with Crippen molar-refractivity contribution in [1.29, 1.82) is 5.26 Å². The SMILES string of the molecule is CCCCCNC(=O)C1CCC(N)(C#N)CC1. The van der Waals surface area contributed by atoms with Crippen LogP contribution in [0.25, 0.3) is 0 Å². The Balaban J connectivity index is 2.24. The second kappa shape index (κ2) is 6.61. The zero-order valence-electron chi connectivity index (χ0n) is 10.7. The molecule has 1 rings (SSSR count). The summed E-state index contributed by atoms with van der Waals surface area (Å²) in [4.78, 5) is 11.8. The first kappa shape index (κ1) is 14.0. The van der Waals surface area contributed by atoms with E-state index in [0.717, 1.165) is 38.6 Å². The minimum absolute atomic E-state index is 0.0571. The highest BCUT2D eigenvalue weighted by Crippen LogP contribution is 2.29. The van der Waals surface area contributed by atoms with Gasteiger partial charge >= 0.3 is 0 Å². The third-order valence-corrected chi connectivity index (χ3v) is 3.55. The van der Waals surface area contributed by atoms with Crippen molar-refractivity contribution in [1.82, 2.24) is 5.32 Å². The molecule has 4 nitrogen and oxygen atoms in total. The normalized spacial score (nSPS) is 28.4. The van der Waals surface area contributed by atoms with Crippen molar-refractivity contribution >= 4 is 5.91 Å². The molecule has 0 spiro atoms. The number of carbonyl (C=O) groups is 1. The van der Waals surface area contributed by atoms with Crippen LogP contribution < -0.4 is 11.1 Å². The van der Waals surface area contributed by atoms with Crippen LogP contribution in [0.3, 0.4) is 0 Å². The van der Waals surface area contributed by atoms with E-state index in [1.54, 1.807) is 0 Å². The van der Waals surface area contributed by atoms with E-state index in [2.05, 4.69) is 18.3 Å². The van der Waals surface area contributed by atoms with Gasteiger partial charge in [0.2, 0.25) is 5.91 Å². The molecule has 0 heterocycles. The molecule has 0 aromatic carbocycles. The Morgan fingerprint density at radius 3 is 2.65 bits per heavy atom. The Morgan fingerprint density at radius 2 is 2.12 bits per heavy atom. The third kappa shape index (κ3) is 4.35. The van der Waals surface area contributed by atoms with Crippen molar-refractivity contribution in [2.24, 2.45) is 11.7 Å². The van der Waals surface area contributed by atoms with Crippen molar-refractivity contribution in [2.75, 3.05) is 6.54 Å². The molecule has 1 aliphatic carbocycles. The number of nitriles is 1. The monoisotopic (exact) mass is 237 g/mol. The second-order valence-electron chi connectivity index (χ2n) is 5.04. The van der Waals surface area contributed by atoms with E-state index in [9.17, 15) is 4.79 Å². The van der Waals surface area contributed by atoms with Gasteiger partial charge in [-0.3, -0.25) is 4.79 Å². The molecule has 1 amide bonds. The molecule has 1 saturated carbocycles. The quantitative estimate of drug-likeness (QED) is 0.714. The first-order valence-electron chi connectivity index (χ1n) is 6.59. The second-order valence-corrected chi connectivity index (χ2v) is 5.04. The average Bonchev–Trinajstić information content (AvgIpc) is 2.35. The fourth-order valence-electron chi connectivity index (χ4n) is 2.24. The van der Waals surface area contributed by atoms with Crippen molar-refractivity contribution in [3.8, 4) is 6.07 Å². The van der Waals surface area contributed by atoms with Gasteiger partial charge < -0.3 is 11.1 Å². The predicted octanol–water partition coefficient (Wildman–Crippen LogP) is 1.70. The molecule has 0 bridgehead atoms. The van der Waals surface area contributed by atoms with E-state index < -0.39 is 5.54 Å². The maximum Gasteiger partial charge on any atom is 0.223 e. The standard InChI is InChI=1S/C13H23N3O/c1-2-3-4-9-16-12(17)11-5-7-13(15,10-14)8-6-11/h11H,2-9,15H2,1H3,(H,16,17). The van der Waals surface area contributed by atoms with Crippen LogP contribution in [-0.4, -0.2) is 18.0 Å². The summed E-state index contributed by atoms with van der Waals surface area (Å²) in [5.74, 6) is 0.197. The van der Waals surface area contributed by atoms with Crippen LogP contribution in [0.15, 0.2) is 0 Å². The molecule has 0 atom stereocenters. The summed E-state index contributed by atoms with van der Waals surface area (Å²) in [6.45, 7) is 2.92. The number of hydrogen-bond acceptors (Lipinski definition) is 3. The number of nitrogens with two attached hydrogens (primary N) is 1. The third-order valence-electron chi connectivity index (χ3n) is 3.55. The molecule has 0 aromatic heterocycles. The zero-order chi connectivity index (χ0) is 12.7. The van der Waals surface area contributed by atoms with Crippen molar-refractivity contribution < 1.29 is 4.79 Å². The molecule has 0 aliphatic heterocycles. The van der Waals surface area contributed by atoms with Gasteiger partial charge in [-0.15, -0.1) is 0 Å². The highest BCUT2D eigenvalue weighted by molar-refractivity contribution is 5.78. The molecular weight excluding hydrogens is 214 g/mol. The van der Waals surface area contributed by atoms with Gasteiger partial charge in [0.25, 0.3) is 0 Å². The maximum absolute atomic E-state index is 11.8. The van der Waals surface area contributed by atoms with Crippen molar-refractivity contribution in [2.45, 2.75) is 57.4 Å². The Labute approximate surface area is 104 Å². The van der Waals surface area contributed by atoms with Gasteiger partial charge in [-0.1, -0.05) is 19.8 Å². The zero-order valence-corrected chi connectivity index (χ0v) is 10.7. The number of carbonyl (C=O) groups excluding carboxylic acids is 1. The molecule has 17 heavy (non-hydrogen) atoms. The number of unbranched alkanes of at least 4 members (excludes halogenated alkanes) is 2. The Hall–Kier alpha value is -1.08. The largest absolute Gasteiger partial charge is 0.356 e. The number of hydrogen-bond donors (Lipinski definition) is 2. The molecule has 1 aliphatic rings. The van der Waals surface area contributed by atoms with Gasteiger partial charge in [0.05, 0.1) is 6.07 Å². The number of nitrogens with one attached hydrogen (secondary N) is 1. The van der Waals surface area contributed by atoms with Crippen molar-refractivity contribution in [3.05, 3.63) is 0 Å². The van der Waals surface area contributed by atoms with E-state index in [1.165, 1.54) is 0 Å². The van der Waals surface area contributed by atoms with E-state index in [1.807, 2.05) is 0 Å². The minimum Gasteiger partial charge on any atom is -0.356 e. The summed E-state index contributed by atoms with van der Waals surface area (Å²) in [7, 11) is 0. The van der Waals surface area contributed by atoms with E-state index in [4.69, 9.17) is 11.0 Å². The molecule has 4 heteroatoms. The molecule has 3 N–H and O–H groups in total. The predicted molar refractivity (Wildman–Crippen MR) is 67.0 cm³/mol. The molecule has 1 fully saturated rings. The van der Waals surface area contributed by atoms with E-state index in [0.29, 0.717) is 12.8 Å².